The van der Waals surface area contributed by atoms with Crippen molar-refractivity contribution in [2.45, 2.75) is 58.3 Å². The minimum Gasteiger partial charge on any atom is -0.462 e. The fraction of sp³-hybridized carbons (Fsp3) is 0.524. The second-order valence-electron chi connectivity index (χ2n) is 6.45. The number of benzene rings is 1. The van der Waals surface area contributed by atoms with Crippen molar-refractivity contribution in [1.29, 1.82) is 0 Å². The smallest absolute Gasteiger partial charge is 0.347 e. The lowest BCUT2D eigenvalue weighted by Crippen LogP contribution is -2.19. The first-order valence-electron chi connectivity index (χ1n) is 9.56. The van der Waals surface area contributed by atoms with Crippen molar-refractivity contribution < 1.29 is 19.1 Å². The van der Waals surface area contributed by atoms with Crippen LogP contribution in [-0.2, 0) is 19.1 Å². The van der Waals surface area contributed by atoms with Crippen LogP contribution < -0.4 is 5.32 Å². The molecule has 1 aromatic carbocycles. The van der Waals surface area contributed by atoms with Gasteiger partial charge in [-0.15, -0.1) is 0 Å². The molecule has 0 heterocycles. The SMILES string of the molecule is CCOC(=O)C(=CNc1ccc(C2CCCCCC2)cc1)C(=O)OCC. The molecule has 1 fully saturated rings. The van der Waals surface area contributed by atoms with Crippen molar-refractivity contribution in [3.63, 3.8) is 0 Å². The number of nitrogens with one attached hydrogen (secondary N) is 1. The van der Waals surface area contributed by atoms with Crippen LogP contribution in [0.1, 0.15) is 63.9 Å². The topological polar surface area (TPSA) is 64.6 Å². The molecule has 0 bridgehead atoms. The molecule has 26 heavy (non-hydrogen) atoms. The average Bonchev–Trinajstić information content (AvgIpc) is 2.92. The van der Waals surface area contributed by atoms with E-state index < -0.39 is 11.9 Å². The minimum absolute atomic E-state index is 0.137. The fourth-order valence-electron chi connectivity index (χ4n) is 3.24. The van der Waals surface area contributed by atoms with Gasteiger partial charge in [-0.2, -0.15) is 0 Å². The molecule has 0 radical (unpaired) electrons. The van der Waals surface area contributed by atoms with Crippen LogP contribution in [0.5, 0.6) is 0 Å². The van der Waals surface area contributed by atoms with Crippen molar-refractivity contribution in [2.24, 2.45) is 0 Å². The molecule has 2 rings (SSSR count). The molecule has 5 nitrogen and oxygen atoms in total. The molecule has 0 unspecified atom stereocenters. The van der Waals surface area contributed by atoms with Gasteiger partial charge in [0, 0.05) is 11.9 Å². The molecule has 1 saturated carbocycles. The maximum Gasteiger partial charge on any atom is 0.347 e. The third-order valence-electron chi connectivity index (χ3n) is 4.61. The molecular weight excluding hydrogens is 330 g/mol. The van der Waals surface area contributed by atoms with Crippen LogP contribution >= 0.6 is 0 Å². The normalized spacial score (nSPS) is 14.8. The summed E-state index contributed by atoms with van der Waals surface area (Å²) < 4.78 is 9.84. The van der Waals surface area contributed by atoms with Gasteiger partial charge >= 0.3 is 11.9 Å². The first-order valence-corrected chi connectivity index (χ1v) is 9.56. The maximum atomic E-state index is 11.9. The molecule has 1 aromatic rings. The van der Waals surface area contributed by atoms with Gasteiger partial charge in [0.1, 0.15) is 0 Å². The van der Waals surface area contributed by atoms with Crippen LogP contribution in [0.25, 0.3) is 0 Å². The van der Waals surface area contributed by atoms with Gasteiger partial charge in [0.25, 0.3) is 0 Å². The molecule has 0 aliphatic heterocycles. The number of ether oxygens (including phenoxy) is 2. The van der Waals surface area contributed by atoms with E-state index in [1.165, 1.54) is 50.3 Å². The molecule has 1 N–H and O–H groups in total. The summed E-state index contributed by atoms with van der Waals surface area (Å²) in [5, 5.41) is 3.00. The zero-order valence-corrected chi connectivity index (χ0v) is 15.8. The molecule has 0 aromatic heterocycles. The van der Waals surface area contributed by atoms with Crippen LogP contribution in [0.2, 0.25) is 0 Å². The van der Waals surface area contributed by atoms with Gasteiger partial charge in [-0.05, 0) is 50.3 Å². The van der Waals surface area contributed by atoms with Gasteiger partial charge in [-0.3, -0.25) is 0 Å². The summed E-state index contributed by atoms with van der Waals surface area (Å²) in [6.45, 7) is 3.79. The summed E-state index contributed by atoms with van der Waals surface area (Å²) in [5.74, 6) is -0.737. The van der Waals surface area contributed by atoms with Crippen molar-refractivity contribution >= 4 is 17.6 Å². The number of hydrogen-bond donors (Lipinski definition) is 1. The van der Waals surface area contributed by atoms with Gasteiger partial charge in [0.05, 0.1) is 13.2 Å². The highest BCUT2D eigenvalue weighted by Gasteiger charge is 2.21. The molecule has 142 valence electrons. The van der Waals surface area contributed by atoms with Crippen molar-refractivity contribution in [1.82, 2.24) is 0 Å². The Kier molecular flexibility index (Phi) is 8.19. The first-order chi connectivity index (χ1) is 12.7. The standard InChI is InChI=1S/C21H29NO4/c1-3-25-20(23)19(21(24)26-4-2)15-22-18-13-11-17(12-14-18)16-9-7-5-6-8-10-16/h11-16,22H,3-10H2,1-2H3. The predicted molar refractivity (Wildman–Crippen MR) is 102 cm³/mol. The van der Waals surface area contributed by atoms with Crippen molar-refractivity contribution in [3.05, 3.63) is 41.6 Å². The fourth-order valence-corrected chi connectivity index (χ4v) is 3.24. The van der Waals surface area contributed by atoms with Gasteiger partial charge in [-0.1, -0.05) is 37.8 Å². The molecule has 0 spiro atoms. The van der Waals surface area contributed by atoms with Gasteiger partial charge in [0.2, 0.25) is 0 Å². The minimum atomic E-state index is -0.687. The summed E-state index contributed by atoms with van der Waals surface area (Å²) in [4.78, 5) is 23.9. The summed E-state index contributed by atoms with van der Waals surface area (Å²) in [6, 6.07) is 8.20. The molecule has 5 heteroatoms. The van der Waals surface area contributed by atoms with E-state index in [1.807, 2.05) is 12.1 Å². The summed E-state index contributed by atoms with van der Waals surface area (Å²) in [6.07, 6.45) is 9.14. The Morgan fingerprint density at radius 1 is 0.962 bits per heavy atom. The largest absolute Gasteiger partial charge is 0.462 e. The summed E-state index contributed by atoms with van der Waals surface area (Å²) in [7, 11) is 0. The van der Waals surface area contributed by atoms with Crippen LogP contribution in [0.3, 0.4) is 0 Å². The summed E-state index contributed by atoms with van der Waals surface area (Å²) >= 11 is 0. The lowest BCUT2D eigenvalue weighted by Gasteiger charge is -2.15. The number of esters is 2. The van der Waals surface area contributed by atoms with Gasteiger partial charge in [-0.25, -0.2) is 9.59 Å². The second kappa shape index (κ2) is 10.6. The third kappa shape index (κ3) is 5.90. The highest BCUT2D eigenvalue weighted by Crippen LogP contribution is 2.32. The van der Waals surface area contributed by atoms with Gasteiger partial charge in [0.15, 0.2) is 5.57 Å². The zero-order valence-electron chi connectivity index (χ0n) is 15.8. The van der Waals surface area contributed by atoms with E-state index in [9.17, 15) is 9.59 Å². The van der Waals surface area contributed by atoms with Crippen LogP contribution in [0.15, 0.2) is 36.0 Å². The Morgan fingerprint density at radius 2 is 1.50 bits per heavy atom. The lowest BCUT2D eigenvalue weighted by molar-refractivity contribution is -0.146. The Hall–Kier alpha value is -2.30. The number of hydrogen-bond acceptors (Lipinski definition) is 5. The Labute approximate surface area is 155 Å². The van der Waals surface area contributed by atoms with E-state index in [-0.39, 0.29) is 18.8 Å². The number of rotatable bonds is 7. The molecule has 0 atom stereocenters. The van der Waals surface area contributed by atoms with E-state index >= 15 is 0 Å². The third-order valence-corrected chi connectivity index (χ3v) is 4.61. The highest BCUT2D eigenvalue weighted by molar-refractivity contribution is 6.14. The Bertz CT molecular complexity index is 593. The van der Waals surface area contributed by atoms with Crippen LogP contribution in [-0.4, -0.2) is 25.2 Å². The van der Waals surface area contributed by atoms with E-state index in [0.717, 1.165) is 5.69 Å². The summed E-state index contributed by atoms with van der Waals surface area (Å²) in [5.41, 5.74) is 2.03. The van der Waals surface area contributed by atoms with Crippen LogP contribution in [0, 0.1) is 0 Å². The molecule has 0 amide bonds. The van der Waals surface area contributed by atoms with Crippen LogP contribution in [0.4, 0.5) is 5.69 Å². The number of carbonyl (C=O) groups is 2. The van der Waals surface area contributed by atoms with E-state index in [2.05, 4.69) is 17.4 Å². The molecule has 0 saturated heterocycles. The lowest BCUT2D eigenvalue weighted by atomic mass is 9.92. The highest BCUT2D eigenvalue weighted by atomic mass is 16.6. The molecule has 1 aliphatic rings. The van der Waals surface area contributed by atoms with Crippen molar-refractivity contribution in [2.75, 3.05) is 18.5 Å². The van der Waals surface area contributed by atoms with E-state index in [0.29, 0.717) is 5.92 Å². The predicted octanol–water partition coefficient (Wildman–Crippen LogP) is 4.55. The van der Waals surface area contributed by atoms with Gasteiger partial charge < -0.3 is 14.8 Å². The quantitative estimate of drug-likeness (QED) is 0.254. The first kappa shape index (κ1) is 20.0. The Balaban J connectivity index is 2.05. The molecular formula is C21H29NO4. The molecule has 1 aliphatic carbocycles. The zero-order chi connectivity index (χ0) is 18.8. The monoisotopic (exact) mass is 359 g/mol. The van der Waals surface area contributed by atoms with E-state index in [1.54, 1.807) is 13.8 Å². The average molecular weight is 359 g/mol. The van der Waals surface area contributed by atoms with Crippen molar-refractivity contribution in [3.8, 4) is 0 Å². The second-order valence-corrected chi connectivity index (χ2v) is 6.45. The maximum absolute atomic E-state index is 11.9. The Morgan fingerprint density at radius 3 is 2.00 bits per heavy atom. The number of anilines is 1. The number of carbonyl (C=O) groups excluding carboxylic acids is 2. The van der Waals surface area contributed by atoms with E-state index in [4.69, 9.17) is 9.47 Å².